The summed E-state index contributed by atoms with van der Waals surface area (Å²) in [5, 5.41) is 10.8. The number of hydrogen-bond donors (Lipinski definition) is 1. The molecule has 0 radical (unpaired) electrons. The van der Waals surface area contributed by atoms with Crippen molar-refractivity contribution in [1.29, 1.82) is 0 Å². The minimum atomic E-state index is -0.585. The van der Waals surface area contributed by atoms with Crippen LogP contribution in [0.3, 0.4) is 0 Å². The number of likely N-dealkylation sites (tertiary alicyclic amines) is 1. The van der Waals surface area contributed by atoms with E-state index in [1.165, 1.54) is 16.7 Å². The molecule has 2 atom stereocenters. The number of nitrogens with zero attached hydrogens (tertiary/aromatic N) is 1. The second-order valence-electron chi connectivity index (χ2n) is 7.30. The van der Waals surface area contributed by atoms with Crippen LogP contribution in [0.5, 0.6) is 0 Å². The van der Waals surface area contributed by atoms with Crippen molar-refractivity contribution < 1.29 is 9.84 Å². The molecule has 0 aromatic heterocycles. The maximum Gasteiger partial charge on any atom is 0.0719 e. The lowest BCUT2D eigenvalue weighted by Crippen LogP contribution is -2.51. The van der Waals surface area contributed by atoms with Gasteiger partial charge in [-0.05, 0) is 41.5 Å². The standard InChI is InChI=1S/C22H29NO2/c1-18-16-23(13-11-22(18,24)12-14-25-2)17-19-7-6-10-21(15-19)20-8-4-3-5-9-20/h3-10,15,18,24H,11-14,16-17H2,1-2H3/t18-,22-/m1/s1. The molecular weight excluding hydrogens is 310 g/mol. The monoisotopic (exact) mass is 339 g/mol. The molecule has 1 aliphatic rings. The second-order valence-corrected chi connectivity index (χ2v) is 7.30. The zero-order valence-corrected chi connectivity index (χ0v) is 15.3. The molecule has 0 amide bonds. The summed E-state index contributed by atoms with van der Waals surface area (Å²) in [6.45, 7) is 5.57. The van der Waals surface area contributed by atoms with Gasteiger partial charge in [0.2, 0.25) is 0 Å². The van der Waals surface area contributed by atoms with Crippen LogP contribution >= 0.6 is 0 Å². The van der Waals surface area contributed by atoms with E-state index in [1.807, 2.05) is 6.07 Å². The number of rotatable bonds is 6. The quantitative estimate of drug-likeness (QED) is 0.864. The maximum atomic E-state index is 10.8. The van der Waals surface area contributed by atoms with Crippen LogP contribution in [0.1, 0.15) is 25.3 Å². The van der Waals surface area contributed by atoms with Gasteiger partial charge in [0.15, 0.2) is 0 Å². The molecule has 1 fully saturated rings. The van der Waals surface area contributed by atoms with Crippen LogP contribution < -0.4 is 0 Å². The van der Waals surface area contributed by atoms with Gasteiger partial charge in [-0.15, -0.1) is 0 Å². The van der Waals surface area contributed by atoms with Gasteiger partial charge in [0.1, 0.15) is 0 Å². The highest BCUT2D eigenvalue weighted by Gasteiger charge is 2.38. The molecule has 25 heavy (non-hydrogen) atoms. The molecule has 0 saturated carbocycles. The Kier molecular flexibility index (Phi) is 5.89. The summed E-state index contributed by atoms with van der Waals surface area (Å²) < 4.78 is 5.16. The summed E-state index contributed by atoms with van der Waals surface area (Å²) in [5.74, 6) is 0.258. The lowest BCUT2D eigenvalue weighted by atomic mass is 9.80. The van der Waals surface area contributed by atoms with Crippen LogP contribution in [0.15, 0.2) is 54.6 Å². The Morgan fingerprint density at radius 1 is 1.12 bits per heavy atom. The van der Waals surface area contributed by atoms with Gasteiger partial charge < -0.3 is 9.84 Å². The molecule has 3 heteroatoms. The topological polar surface area (TPSA) is 32.7 Å². The number of hydrogen-bond acceptors (Lipinski definition) is 3. The van der Waals surface area contributed by atoms with E-state index in [-0.39, 0.29) is 5.92 Å². The lowest BCUT2D eigenvalue weighted by molar-refractivity contribution is -0.0827. The Balaban J connectivity index is 1.64. The number of piperidine rings is 1. The second kappa shape index (κ2) is 8.13. The fourth-order valence-electron chi connectivity index (χ4n) is 3.78. The van der Waals surface area contributed by atoms with Gasteiger partial charge in [0.05, 0.1) is 5.60 Å². The largest absolute Gasteiger partial charge is 0.389 e. The fourth-order valence-corrected chi connectivity index (χ4v) is 3.78. The summed E-state index contributed by atoms with van der Waals surface area (Å²) in [7, 11) is 1.70. The van der Waals surface area contributed by atoms with E-state index in [2.05, 4.69) is 60.4 Å². The van der Waals surface area contributed by atoms with Gasteiger partial charge in [-0.1, -0.05) is 55.5 Å². The summed E-state index contributed by atoms with van der Waals surface area (Å²) in [5.41, 5.74) is 3.26. The number of benzene rings is 2. The molecule has 1 aliphatic heterocycles. The Labute approximate surface area is 151 Å². The zero-order chi connectivity index (χ0) is 17.7. The molecule has 1 heterocycles. The third-order valence-electron chi connectivity index (χ3n) is 5.49. The fraction of sp³-hybridized carbons (Fsp3) is 0.455. The van der Waals surface area contributed by atoms with E-state index in [0.717, 1.165) is 32.5 Å². The molecule has 1 N–H and O–H groups in total. The van der Waals surface area contributed by atoms with E-state index < -0.39 is 5.60 Å². The van der Waals surface area contributed by atoms with Crippen molar-refractivity contribution >= 4 is 0 Å². The van der Waals surface area contributed by atoms with Crippen molar-refractivity contribution in [3.05, 3.63) is 60.2 Å². The van der Waals surface area contributed by atoms with E-state index in [1.54, 1.807) is 7.11 Å². The highest BCUT2D eigenvalue weighted by atomic mass is 16.5. The van der Waals surface area contributed by atoms with E-state index in [4.69, 9.17) is 4.74 Å². The van der Waals surface area contributed by atoms with E-state index in [0.29, 0.717) is 6.61 Å². The Morgan fingerprint density at radius 2 is 1.88 bits per heavy atom. The Bertz CT molecular complexity index is 673. The highest BCUT2D eigenvalue weighted by Crippen LogP contribution is 2.32. The smallest absolute Gasteiger partial charge is 0.0719 e. The van der Waals surface area contributed by atoms with Gasteiger partial charge in [-0.2, -0.15) is 0 Å². The molecule has 1 saturated heterocycles. The Hall–Kier alpha value is -1.68. The third-order valence-corrected chi connectivity index (χ3v) is 5.49. The summed E-state index contributed by atoms with van der Waals surface area (Å²) in [6, 6.07) is 19.3. The average Bonchev–Trinajstić information content (AvgIpc) is 2.64. The summed E-state index contributed by atoms with van der Waals surface area (Å²) >= 11 is 0. The number of ether oxygens (including phenoxy) is 1. The normalized spacial score (nSPS) is 24.4. The highest BCUT2D eigenvalue weighted by molar-refractivity contribution is 5.63. The number of methoxy groups -OCH3 is 1. The predicted octanol–water partition coefficient (Wildman–Crippen LogP) is 3.96. The molecule has 134 valence electrons. The molecule has 3 nitrogen and oxygen atoms in total. The number of aliphatic hydroxyl groups is 1. The third kappa shape index (κ3) is 4.49. The molecule has 2 aromatic rings. The summed E-state index contributed by atoms with van der Waals surface area (Å²) in [6.07, 6.45) is 1.54. The van der Waals surface area contributed by atoms with Gasteiger partial charge in [-0.25, -0.2) is 0 Å². The van der Waals surface area contributed by atoms with E-state index >= 15 is 0 Å². The van der Waals surface area contributed by atoms with Crippen LogP contribution in [0, 0.1) is 5.92 Å². The van der Waals surface area contributed by atoms with Gasteiger partial charge in [0, 0.05) is 33.4 Å². The average molecular weight is 339 g/mol. The van der Waals surface area contributed by atoms with Gasteiger partial charge in [0.25, 0.3) is 0 Å². The molecule has 2 aromatic carbocycles. The van der Waals surface area contributed by atoms with Gasteiger partial charge in [-0.3, -0.25) is 4.90 Å². The first-order valence-electron chi connectivity index (χ1n) is 9.19. The predicted molar refractivity (Wildman–Crippen MR) is 102 cm³/mol. The van der Waals surface area contributed by atoms with Crippen molar-refractivity contribution in [2.75, 3.05) is 26.8 Å². The van der Waals surface area contributed by atoms with E-state index in [9.17, 15) is 5.11 Å². The minimum absolute atomic E-state index is 0.258. The lowest BCUT2D eigenvalue weighted by Gasteiger charge is -2.43. The van der Waals surface area contributed by atoms with Crippen molar-refractivity contribution in [2.24, 2.45) is 5.92 Å². The molecule has 0 bridgehead atoms. The van der Waals surface area contributed by atoms with Crippen LogP contribution in [0.25, 0.3) is 11.1 Å². The van der Waals surface area contributed by atoms with Crippen LogP contribution in [0.4, 0.5) is 0 Å². The first-order chi connectivity index (χ1) is 12.1. The minimum Gasteiger partial charge on any atom is -0.389 e. The first-order valence-corrected chi connectivity index (χ1v) is 9.19. The SMILES string of the molecule is COCC[C@]1(O)CCN(Cc2cccc(-c3ccccc3)c2)C[C@H]1C. The van der Waals surface area contributed by atoms with Crippen molar-refractivity contribution in [2.45, 2.75) is 31.9 Å². The Morgan fingerprint density at radius 3 is 2.60 bits per heavy atom. The summed E-state index contributed by atoms with van der Waals surface area (Å²) in [4.78, 5) is 2.45. The molecule has 0 unspecified atom stereocenters. The molecule has 0 spiro atoms. The van der Waals surface area contributed by atoms with Crippen LogP contribution in [-0.2, 0) is 11.3 Å². The maximum absolute atomic E-state index is 10.8. The first kappa shape index (κ1) is 18.1. The zero-order valence-electron chi connectivity index (χ0n) is 15.3. The van der Waals surface area contributed by atoms with Gasteiger partial charge >= 0.3 is 0 Å². The molecular formula is C22H29NO2. The van der Waals surface area contributed by atoms with Crippen molar-refractivity contribution in [3.8, 4) is 11.1 Å². The van der Waals surface area contributed by atoms with Crippen molar-refractivity contribution in [1.82, 2.24) is 4.90 Å². The van der Waals surface area contributed by atoms with Crippen LogP contribution in [-0.4, -0.2) is 42.4 Å². The molecule has 0 aliphatic carbocycles. The van der Waals surface area contributed by atoms with Crippen molar-refractivity contribution in [3.63, 3.8) is 0 Å². The van der Waals surface area contributed by atoms with Crippen LogP contribution in [0.2, 0.25) is 0 Å². The molecule has 3 rings (SSSR count).